The van der Waals surface area contributed by atoms with E-state index < -0.39 is 35.7 Å². The topological polar surface area (TPSA) is 106 Å². The van der Waals surface area contributed by atoms with Crippen LogP contribution in [-0.2, 0) is 14.3 Å². The standard InChI is InChI=1S/C30H37N3O5/c1-17-13-18(2)25(19(3)14-17)33-29(36)31-24-16-22-12-10-9-11-21(22)15-23(24)27(34)32-26(28(35)37-8)20(4)38-30(5,6)7/h9-16,20,26H,1-8H3,(H,32,34)(H2,31,33,36)/t20?,26-/m0/s1. The van der Waals surface area contributed by atoms with Crippen LogP contribution >= 0.6 is 0 Å². The Balaban J connectivity index is 1.95. The Labute approximate surface area is 224 Å². The van der Waals surface area contributed by atoms with Gasteiger partial charge >= 0.3 is 12.0 Å². The quantitative estimate of drug-likeness (QED) is 0.338. The van der Waals surface area contributed by atoms with Gasteiger partial charge in [-0.25, -0.2) is 9.59 Å². The Morgan fingerprint density at radius 2 is 1.45 bits per heavy atom. The van der Waals surface area contributed by atoms with Gasteiger partial charge in [-0.3, -0.25) is 4.79 Å². The fraction of sp³-hybridized carbons (Fsp3) is 0.367. The molecule has 202 valence electrons. The van der Waals surface area contributed by atoms with Crippen LogP contribution in [-0.4, -0.2) is 42.8 Å². The number of amides is 3. The van der Waals surface area contributed by atoms with Crippen LogP contribution in [0.1, 0.15) is 54.7 Å². The number of ether oxygens (including phenoxy) is 2. The highest BCUT2D eigenvalue weighted by Gasteiger charge is 2.32. The van der Waals surface area contributed by atoms with Crippen molar-refractivity contribution >= 4 is 40.1 Å². The molecule has 0 saturated heterocycles. The Morgan fingerprint density at radius 3 is 2.00 bits per heavy atom. The zero-order valence-electron chi connectivity index (χ0n) is 23.3. The number of rotatable bonds is 7. The summed E-state index contributed by atoms with van der Waals surface area (Å²) in [5.74, 6) is -1.18. The number of anilines is 2. The fourth-order valence-corrected chi connectivity index (χ4v) is 4.52. The first kappa shape index (κ1) is 28.7. The monoisotopic (exact) mass is 519 g/mol. The van der Waals surface area contributed by atoms with Gasteiger partial charge in [0.15, 0.2) is 6.04 Å². The van der Waals surface area contributed by atoms with Gasteiger partial charge in [0.2, 0.25) is 0 Å². The van der Waals surface area contributed by atoms with Gasteiger partial charge in [0.05, 0.1) is 30.1 Å². The molecule has 0 bridgehead atoms. The van der Waals surface area contributed by atoms with Gasteiger partial charge in [-0.15, -0.1) is 0 Å². The second-order valence-electron chi connectivity index (χ2n) is 10.5. The molecule has 0 aliphatic rings. The number of benzene rings is 3. The predicted octanol–water partition coefficient (Wildman–Crippen LogP) is 5.88. The first-order chi connectivity index (χ1) is 17.8. The van der Waals surface area contributed by atoms with Crippen molar-refractivity contribution in [3.05, 3.63) is 70.8 Å². The molecular formula is C30H37N3O5. The van der Waals surface area contributed by atoms with Crippen LogP contribution in [0.15, 0.2) is 48.5 Å². The number of aryl methyl sites for hydroxylation is 3. The number of esters is 1. The van der Waals surface area contributed by atoms with Crippen molar-refractivity contribution in [2.75, 3.05) is 17.7 Å². The van der Waals surface area contributed by atoms with Crippen LogP contribution in [0, 0.1) is 20.8 Å². The number of hydrogen-bond donors (Lipinski definition) is 3. The molecule has 0 aliphatic heterocycles. The molecule has 0 spiro atoms. The van der Waals surface area contributed by atoms with Crippen LogP contribution < -0.4 is 16.0 Å². The number of fused-ring (bicyclic) bond motifs is 1. The van der Waals surface area contributed by atoms with Crippen molar-refractivity contribution in [2.45, 2.75) is 66.2 Å². The number of hydrogen-bond acceptors (Lipinski definition) is 5. The Hall–Kier alpha value is -3.91. The highest BCUT2D eigenvalue weighted by Crippen LogP contribution is 2.26. The van der Waals surface area contributed by atoms with E-state index in [2.05, 4.69) is 16.0 Å². The van der Waals surface area contributed by atoms with Gasteiger partial charge in [0, 0.05) is 5.69 Å². The molecule has 0 radical (unpaired) electrons. The fourth-order valence-electron chi connectivity index (χ4n) is 4.52. The van der Waals surface area contributed by atoms with Crippen molar-refractivity contribution in [2.24, 2.45) is 0 Å². The summed E-state index contributed by atoms with van der Waals surface area (Å²) in [5.41, 5.74) is 3.63. The van der Waals surface area contributed by atoms with Crippen molar-refractivity contribution < 1.29 is 23.9 Å². The van der Waals surface area contributed by atoms with Gasteiger partial charge in [0.1, 0.15) is 0 Å². The molecule has 3 amide bonds. The predicted molar refractivity (Wildman–Crippen MR) is 151 cm³/mol. The third kappa shape index (κ3) is 7.10. The highest BCUT2D eigenvalue weighted by atomic mass is 16.5. The first-order valence-electron chi connectivity index (χ1n) is 12.5. The smallest absolute Gasteiger partial charge is 0.331 e. The van der Waals surface area contributed by atoms with E-state index in [0.29, 0.717) is 11.4 Å². The van der Waals surface area contributed by atoms with E-state index in [9.17, 15) is 14.4 Å². The van der Waals surface area contributed by atoms with E-state index >= 15 is 0 Å². The molecule has 38 heavy (non-hydrogen) atoms. The average Bonchev–Trinajstić information content (AvgIpc) is 2.82. The van der Waals surface area contributed by atoms with Crippen molar-refractivity contribution in [3.63, 3.8) is 0 Å². The zero-order valence-corrected chi connectivity index (χ0v) is 23.3. The van der Waals surface area contributed by atoms with Crippen LogP contribution in [0.2, 0.25) is 0 Å². The maximum Gasteiger partial charge on any atom is 0.331 e. The lowest BCUT2D eigenvalue weighted by Crippen LogP contribution is -2.51. The third-order valence-electron chi connectivity index (χ3n) is 6.04. The summed E-state index contributed by atoms with van der Waals surface area (Å²) in [6.45, 7) is 13.1. The minimum Gasteiger partial charge on any atom is -0.467 e. The molecule has 3 N–H and O–H groups in total. The van der Waals surface area contributed by atoms with Crippen molar-refractivity contribution in [3.8, 4) is 0 Å². The number of urea groups is 1. The summed E-state index contributed by atoms with van der Waals surface area (Å²) >= 11 is 0. The van der Waals surface area contributed by atoms with Crippen LogP contribution in [0.25, 0.3) is 10.8 Å². The molecule has 2 atom stereocenters. The summed E-state index contributed by atoms with van der Waals surface area (Å²) < 4.78 is 10.9. The molecular weight excluding hydrogens is 482 g/mol. The molecule has 0 aromatic heterocycles. The molecule has 3 aromatic rings. The Kier molecular flexibility index (Phi) is 8.78. The molecule has 0 heterocycles. The normalized spacial score (nSPS) is 12.9. The number of nitrogens with one attached hydrogen (secondary N) is 3. The van der Waals surface area contributed by atoms with E-state index in [0.717, 1.165) is 27.5 Å². The molecule has 0 aliphatic carbocycles. The highest BCUT2D eigenvalue weighted by molar-refractivity contribution is 6.10. The summed E-state index contributed by atoms with van der Waals surface area (Å²) in [5, 5.41) is 10.1. The van der Waals surface area contributed by atoms with E-state index in [1.807, 2.05) is 77.9 Å². The van der Waals surface area contributed by atoms with Crippen LogP contribution in [0.3, 0.4) is 0 Å². The maximum absolute atomic E-state index is 13.5. The van der Waals surface area contributed by atoms with E-state index in [4.69, 9.17) is 9.47 Å². The van der Waals surface area contributed by atoms with E-state index in [1.165, 1.54) is 7.11 Å². The molecule has 3 aromatic carbocycles. The summed E-state index contributed by atoms with van der Waals surface area (Å²) in [6, 6.07) is 13.4. The van der Waals surface area contributed by atoms with Gasteiger partial charge in [0.25, 0.3) is 5.91 Å². The van der Waals surface area contributed by atoms with Gasteiger partial charge in [-0.05, 0) is 82.5 Å². The minimum absolute atomic E-state index is 0.202. The molecule has 1 unspecified atom stereocenters. The molecule has 3 rings (SSSR count). The zero-order chi connectivity index (χ0) is 28.2. The molecule has 8 nitrogen and oxygen atoms in total. The Bertz CT molecular complexity index is 1340. The summed E-state index contributed by atoms with van der Waals surface area (Å²) in [7, 11) is 1.26. The summed E-state index contributed by atoms with van der Waals surface area (Å²) in [6.07, 6.45) is -0.668. The maximum atomic E-state index is 13.5. The second-order valence-corrected chi connectivity index (χ2v) is 10.5. The number of carbonyl (C=O) groups is 3. The molecule has 0 fully saturated rings. The average molecular weight is 520 g/mol. The Morgan fingerprint density at radius 1 is 0.868 bits per heavy atom. The van der Waals surface area contributed by atoms with Gasteiger partial charge in [-0.2, -0.15) is 0 Å². The lowest BCUT2D eigenvalue weighted by Gasteiger charge is -2.30. The lowest BCUT2D eigenvalue weighted by molar-refractivity contribution is -0.150. The van der Waals surface area contributed by atoms with Crippen molar-refractivity contribution in [1.82, 2.24) is 5.32 Å². The molecule has 0 saturated carbocycles. The van der Waals surface area contributed by atoms with Crippen LogP contribution in [0.5, 0.6) is 0 Å². The number of carbonyl (C=O) groups excluding carboxylic acids is 3. The van der Waals surface area contributed by atoms with Crippen LogP contribution in [0.4, 0.5) is 16.2 Å². The third-order valence-corrected chi connectivity index (χ3v) is 6.04. The SMILES string of the molecule is COC(=O)[C@@H](NC(=O)c1cc2ccccc2cc1NC(=O)Nc1c(C)cc(C)cc1C)C(C)OC(C)(C)C. The summed E-state index contributed by atoms with van der Waals surface area (Å²) in [4.78, 5) is 39.2. The van der Waals surface area contributed by atoms with Gasteiger partial charge in [-0.1, -0.05) is 42.0 Å². The lowest BCUT2D eigenvalue weighted by atomic mass is 10.0. The van der Waals surface area contributed by atoms with Gasteiger partial charge < -0.3 is 25.4 Å². The second kappa shape index (κ2) is 11.6. The van der Waals surface area contributed by atoms with E-state index in [1.54, 1.807) is 19.1 Å². The largest absolute Gasteiger partial charge is 0.467 e. The number of methoxy groups -OCH3 is 1. The van der Waals surface area contributed by atoms with E-state index in [-0.39, 0.29) is 5.56 Å². The van der Waals surface area contributed by atoms with Crippen molar-refractivity contribution in [1.29, 1.82) is 0 Å². The molecule has 8 heteroatoms. The first-order valence-corrected chi connectivity index (χ1v) is 12.5. The minimum atomic E-state index is -1.06.